The number of anilines is 1. The third kappa shape index (κ3) is 23.1. The number of allylic oxidation sites excluding steroid dienone is 12. The molecule has 2 bridgehead atoms. The average Bonchev–Trinajstić information content (AvgIpc) is 3.35. The smallest absolute Gasteiger partial charge is 0.311 e. The van der Waals surface area contributed by atoms with Gasteiger partial charge < -0.3 is 86.6 Å². The van der Waals surface area contributed by atoms with Gasteiger partial charge in [0.1, 0.15) is 23.9 Å². The highest BCUT2D eigenvalue weighted by Gasteiger charge is 2.51. The fourth-order valence-electron chi connectivity index (χ4n) is 9.90. The fraction of sp³-hybridized carbons (Fsp3) is 0.586. The molecule has 79 heavy (non-hydrogen) atoms. The number of carboxylic acid groups (broad SMARTS) is 1. The number of carbonyl (C=O) groups is 4. The number of hydrogen-bond acceptors (Lipinski definition) is 20. The number of carbonyl (C=O) groups excluding carboxylic acids is 3. The molecule has 1 aromatic carbocycles. The number of esters is 1. The molecule has 0 amide bonds. The van der Waals surface area contributed by atoms with E-state index in [9.17, 15) is 75.3 Å². The number of aliphatic hydroxyl groups excluding tert-OH is 9. The zero-order valence-corrected chi connectivity index (χ0v) is 45.1. The van der Waals surface area contributed by atoms with E-state index in [0.717, 1.165) is 0 Å². The summed E-state index contributed by atoms with van der Waals surface area (Å²) in [5.74, 6) is -7.81. The number of ketones is 2. The van der Waals surface area contributed by atoms with Crippen LogP contribution in [0.1, 0.15) is 108 Å². The molecule has 2 fully saturated rings. The highest BCUT2D eigenvalue weighted by Crippen LogP contribution is 2.38. The molecule has 19 atom stereocenters. The van der Waals surface area contributed by atoms with E-state index in [1.165, 1.54) is 13.0 Å². The van der Waals surface area contributed by atoms with Crippen molar-refractivity contribution in [3.05, 3.63) is 115 Å². The SMILES string of the molecule is CC1C=CC=CC=CC=CC=CC=CC=CC(OC2OC(C)C(O)C(N)C2O)CC2OC(O)(CC(O)CC(O)CC(O)CC(O)CC(=O)CC(O)CC(=O)OC1C(C)CCC(O)CC(=O)c1ccc(N)cc1)CC(O)C2C(=O)O. The van der Waals surface area contributed by atoms with Crippen molar-refractivity contribution in [1.82, 2.24) is 0 Å². The van der Waals surface area contributed by atoms with Crippen LogP contribution < -0.4 is 11.5 Å². The van der Waals surface area contributed by atoms with Gasteiger partial charge in [-0.2, -0.15) is 0 Å². The molecule has 15 N–H and O–H groups in total. The molecule has 0 spiro atoms. The number of rotatable bonds is 10. The van der Waals surface area contributed by atoms with E-state index < -0.39 is 172 Å². The van der Waals surface area contributed by atoms with Crippen LogP contribution in [-0.2, 0) is 33.3 Å². The Morgan fingerprint density at radius 1 is 0.709 bits per heavy atom. The van der Waals surface area contributed by atoms with Crippen molar-refractivity contribution in [2.75, 3.05) is 5.73 Å². The molecule has 3 aliphatic rings. The normalized spacial score (nSPS) is 35.6. The molecule has 0 saturated carbocycles. The molecule has 2 saturated heterocycles. The standard InChI is InChI=1S/C58H84N2O19/c1-34-16-14-12-10-8-6-4-5-7-9-11-13-15-17-46(77-57-54(72)52(60)53(71)36(3)76-57)31-49-51(56(73)74)48(69)33-58(75,79-49)32-45(67)28-43(65)26-41(63)24-40(62)25-42(64)27-44(66)30-50(70)78-55(34)35(2)18-23-39(61)29-47(68)37-19-21-38(59)22-20-37/h4-17,19-22,34-36,39-41,43-46,48-49,51-55,57,61-63,65-67,69,71-72,75H,18,23-33,59-60H2,1-3H3,(H,73,74). The lowest BCUT2D eigenvalue weighted by atomic mass is 9.82. The Hall–Kier alpha value is -5.08. The number of fused-ring (bicyclic) bond motifs is 2. The summed E-state index contributed by atoms with van der Waals surface area (Å²) < 4.78 is 23.7. The van der Waals surface area contributed by atoms with E-state index in [1.54, 1.807) is 97.2 Å². The molecular weight excluding hydrogens is 1030 g/mol. The van der Waals surface area contributed by atoms with Crippen molar-refractivity contribution in [3.8, 4) is 0 Å². The molecule has 4 rings (SSSR count). The Balaban J connectivity index is 1.54. The quantitative estimate of drug-likeness (QED) is 0.0908. The van der Waals surface area contributed by atoms with Crippen molar-refractivity contribution in [2.45, 2.75) is 195 Å². The lowest BCUT2D eigenvalue weighted by molar-refractivity contribution is -0.308. The molecule has 0 radical (unpaired) electrons. The average molecular weight is 1110 g/mol. The monoisotopic (exact) mass is 1110 g/mol. The van der Waals surface area contributed by atoms with Crippen molar-refractivity contribution in [3.63, 3.8) is 0 Å². The van der Waals surface area contributed by atoms with Crippen molar-refractivity contribution < 1.29 is 94.3 Å². The maximum atomic E-state index is 13.3. The van der Waals surface area contributed by atoms with E-state index in [4.69, 9.17) is 30.4 Å². The molecule has 1 aromatic rings. The van der Waals surface area contributed by atoms with Gasteiger partial charge in [0.05, 0.1) is 79.6 Å². The minimum Gasteiger partial charge on any atom is -0.481 e. The second-order valence-corrected chi connectivity index (χ2v) is 21.2. The number of carboxylic acids is 1. The maximum absolute atomic E-state index is 13.3. The number of ether oxygens (including phenoxy) is 4. The first-order valence-corrected chi connectivity index (χ1v) is 26.9. The van der Waals surface area contributed by atoms with Gasteiger partial charge in [-0.1, -0.05) is 98.9 Å². The van der Waals surface area contributed by atoms with Gasteiger partial charge in [0.15, 0.2) is 17.9 Å². The third-order valence-corrected chi connectivity index (χ3v) is 14.1. The zero-order chi connectivity index (χ0) is 58.4. The van der Waals surface area contributed by atoms with Gasteiger partial charge in [-0.15, -0.1) is 0 Å². The van der Waals surface area contributed by atoms with Gasteiger partial charge in [-0.3, -0.25) is 19.2 Å². The second-order valence-electron chi connectivity index (χ2n) is 21.2. The molecule has 21 nitrogen and oxygen atoms in total. The van der Waals surface area contributed by atoms with E-state index in [0.29, 0.717) is 17.7 Å². The van der Waals surface area contributed by atoms with Gasteiger partial charge in [0.2, 0.25) is 0 Å². The van der Waals surface area contributed by atoms with Crippen molar-refractivity contribution >= 4 is 29.2 Å². The van der Waals surface area contributed by atoms with Crippen LogP contribution >= 0.6 is 0 Å². The predicted octanol–water partition coefficient (Wildman–Crippen LogP) is 2.29. The topological polar surface area (TPSA) is 380 Å². The molecule has 3 aliphatic heterocycles. The largest absolute Gasteiger partial charge is 0.481 e. The summed E-state index contributed by atoms with van der Waals surface area (Å²) in [6.45, 7) is 5.20. The molecule has 0 aromatic heterocycles. The fourth-order valence-corrected chi connectivity index (χ4v) is 9.90. The minimum atomic E-state index is -2.34. The molecular formula is C58H84N2O19. The van der Waals surface area contributed by atoms with E-state index in [2.05, 4.69) is 0 Å². The molecule has 21 heteroatoms. The highest BCUT2D eigenvalue weighted by molar-refractivity contribution is 5.96. The number of nitrogens with two attached hydrogens (primary N) is 2. The highest BCUT2D eigenvalue weighted by atomic mass is 16.7. The van der Waals surface area contributed by atoms with Gasteiger partial charge in [0.25, 0.3) is 0 Å². The molecule has 3 heterocycles. The Labute approximate surface area is 461 Å². The van der Waals surface area contributed by atoms with Crippen LogP contribution in [0.2, 0.25) is 0 Å². The lowest BCUT2D eigenvalue weighted by Crippen LogP contribution is -2.61. The third-order valence-electron chi connectivity index (χ3n) is 14.1. The van der Waals surface area contributed by atoms with Crippen LogP contribution in [0.25, 0.3) is 0 Å². The van der Waals surface area contributed by atoms with Crippen LogP contribution in [0.3, 0.4) is 0 Å². The summed E-state index contributed by atoms with van der Waals surface area (Å²) in [5.41, 5.74) is 12.7. The summed E-state index contributed by atoms with van der Waals surface area (Å²) in [5, 5.41) is 119. The first kappa shape index (κ1) is 66.4. The lowest BCUT2D eigenvalue weighted by Gasteiger charge is -2.45. The van der Waals surface area contributed by atoms with Crippen molar-refractivity contribution in [2.24, 2.45) is 23.5 Å². The Morgan fingerprint density at radius 2 is 1.25 bits per heavy atom. The van der Waals surface area contributed by atoms with Gasteiger partial charge in [-0.25, -0.2) is 0 Å². The summed E-state index contributed by atoms with van der Waals surface area (Å²) >= 11 is 0. The van der Waals surface area contributed by atoms with E-state index >= 15 is 0 Å². The number of benzene rings is 1. The first-order chi connectivity index (χ1) is 37.3. The van der Waals surface area contributed by atoms with Crippen LogP contribution in [-0.4, -0.2) is 177 Å². The predicted molar refractivity (Wildman–Crippen MR) is 290 cm³/mol. The minimum absolute atomic E-state index is 0.128. The number of nitrogen functional groups attached to an aromatic ring is 1. The number of hydrogen-bond donors (Lipinski definition) is 13. The first-order valence-electron chi connectivity index (χ1n) is 26.9. The summed E-state index contributed by atoms with van der Waals surface area (Å²) in [6, 6.07) is 5.21. The number of cyclic esters (lactones) is 1. The summed E-state index contributed by atoms with van der Waals surface area (Å²) in [6.07, 6.45) is 1.70. The summed E-state index contributed by atoms with van der Waals surface area (Å²) in [4.78, 5) is 51.6. The van der Waals surface area contributed by atoms with E-state index in [1.807, 2.05) is 19.9 Å². The number of Topliss-reactive ketones (excluding diaryl/α,β-unsaturated/α-hetero) is 2. The van der Waals surface area contributed by atoms with Crippen LogP contribution in [0.5, 0.6) is 0 Å². The van der Waals surface area contributed by atoms with Gasteiger partial charge >= 0.3 is 11.9 Å². The maximum Gasteiger partial charge on any atom is 0.311 e. The Morgan fingerprint density at radius 3 is 1.85 bits per heavy atom. The number of aliphatic carboxylic acids is 1. The molecule has 19 unspecified atom stereocenters. The van der Waals surface area contributed by atoms with E-state index in [-0.39, 0.29) is 36.9 Å². The molecule has 0 aliphatic carbocycles. The van der Waals surface area contributed by atoms with Gasteiger partial charge in [-0.05, 0) is 69.2 Å². The molecule has 440 valence electrons. The zero-order valence-electron chi connectivity index (χ0n) is 45.1. The number of aliphatic hydroxyl groups is 10. The van der Waals surface area contributed by atoms with Crippen molar-refractivity contribution in [1.29, 1.82) is 0 Å². The second kappa shape index (κ2) is 33.0. The Bertz CT molecular complexity index is 2280. The van der Waals surface area contributed by atoms with Crippen LogP contribution in [0, 0.1) is 17.8 Å². The Kier molecular flexibility index (Phi) is 27.7. The van der Waals surface area contributed by atoms with Crippen LogP contribution in [0.15, 0.2) is 109 Å². The van der Waals surface area contributed by atoms with Crippen LogP contribution in [0.4, 0.5) is 5.69 Å². The summed E-state index contributed by atoms with van der Waals surface area (Å²) in [7, 11) is 0. The van der Waals surface area contributed by atoms with Gasteiger partial charge in [0, 0.05) is 55.7 Å².